The standard InChI is InChI=1S/C11H21Cl3Si.CH4/c1-2-3-4-5-6-7-8-9-10-11-15(12,13)14;/h10-11H,2-9H2,1H3;1H4. The van der Waals surface area contributed by atoms with E-state index in [0.717, 1.165) is 6.42 Å². The van der Waals surface area contributed by atoms with Crippen molar-refractivity contribution in [1.29, 1.82) is 0 Å². The van der Waals surface area contributed by atoms with E-state index in [0.29, 0.717) is 0 Å². The normalized spacial score (nSPS) is 11.8. The van der Waals surface area contributed by atoms with E-state index in [1.807, 2.05) is 6.08 Å². The van der Waals surface area contributed by atoms with E-state index in [9.17, 15) is 0 Å². The molecule has 0 fully saturated rings. The SMILES string of the molecule is C.CCCCCCCCCC=C[Si](Cl)(Cl)Cl. The van der Waals surface area contributed by atoms with Crippen LogP contribution in [0.1, 0.15) is 65.7 Å². The lowest BCUT2D eigenvalue weighted by atomic mass is 10.1. The topological polar surface area (TPSA) is 0 Å². The molecule has 16 heavy (non-hydrogen) atoms. The van der Waals surface area contributed by atoms with E-state index < -0.39 is 6.00 Å². The zero-order valence-corrected chi connectivity index (χ0v) is 12.7. The van der Waals surface area contributed by atoms with Gasteiger partial charge in [-0.25, -0.2) is 0 Å². The molecular weight excluding hydrogens is 279 g/mol. The second kappa shape index (κ2) is 12.3. The summed E-state index contributed by atoms with van der Waals surface area (Å²) in [7, 11) is 0. The van der Waals surface area contributed by atoms with Gasteiger partial charge in [0.05, 0.1) is 0 Å². The van der Waals surface area contributed by atoms with Crippen molar-refractivity contribution < 1.29 is 0 Å². The van der Waals surface area contributed by atoms with Crippen molar-refractivity contribution in [2.24, 2.45) is 0 Å². The molecule has 0 aliphatic carbocycles. The van der Waals surface area contributed by atoms with Gasteiger partial charge in [0.15, 0.2) is 0 Å². The van der Waals surface area contributed by atoms with Gasteiger partial charge in [-0.1, -0.05) is 64.7 Å². The summed E-state index contributed by atoms with van der Waals surface area (Å²) in [5.41, 5.74) is 1.77. The lowest BCUT2D eigenvalue weighted by Crippen LogP contribution is -2.02. The van der Waals surface area contributed by atoms with Crippen molar-refractivity contribution in [3.8, 4) is 0 Å². The summed E-state index contributed by atoms with van der Waals surface area (Å²) in [6.45, 7) is 2.24. The van der Waals surface area contributed by atoms with Crippen LogP contribution in [0.5, 0.6) is 0 Å². The van der Waals surface area contributed by atoms with Gasteiger partial charge in [0, 0.05) is 0 Å². The Morgan fingerprint density at radius 2 is 1.38 bits per heavy atom. The number of hydrogen-bond acceptors (Lipinski definition) is 0. The third-order valence-electron chi connectivity index (χ3n) is 2.28. The van der Waals surface area contributed by atoms with Gasteiger partial charge in [-0.05, 0) is 12.8 Å². The molecule has 0 radical (unpaired) electrons. The molecule has 0 aliphatic rings. The van der Waals surface area contributed by atoms with E-state index in [4.69, 9.17) is 33.2 Å². The van der Waals surface area contributed by atoms with Crippen molar-refractivity contribution in [2.75, 3.05) is 0 Å². The Hall–Kier alpha value is 0.827. The second-order valence-electron chi connectivity index (χ2n) is 3.85. The molecule has 0 spiro atoms. The van der Waals surface area contributed by atoms with Gasteiger partial charge >= 0.3 is 6.00 Å². The average Bonchev–Trinajstić information content (AvgIpc) is 2.14. The fraction of sp³-hybridized carbons (Fsp3) is 0.833. The number of unbranched alkanes of at least 4 members (excludes halogenated alkanes) is 7. The summed E-state index contributed by atoms with van der Waals surface area (Å²) >= 11 is 17.1. The minimum absolute atomic E-state index is 0. The molecule has 98 valence electrons. The molecule has 0 aromatic carbocycles. The van der Waals surface area contributed by atoms with E-state index >= 15 is 0 Å². The van der Waals surface area contributed by atoms with Crippen LogP contribution >= 0.6 is 33.2 Å². The molecule has 0 aromatic heterocycles. The van der Waals surface area contributed by atoms with Crippen molar-refractivity contribution in [3.05, 3.63) is 11.8 Å². The molecule has 0 N–H and O–H groups in total. The highest BCUT2D eigenvalue weighted by atomic mass is 35.8. The molecule has 0 aliphatic heterocycles. The first kappa shape index (κ1) is 19.2. The summed E-state index contributed by atoms with van der Waals surface area (Å²) < 4.78 is 0. The Morgan fingerprint density at radius 3 is 1.88 bits per heavy atom. The van der Waals surface area contributed by atoms with Gasteiger partial charge in [0.2, 0.25) is 0 Å². The maximum atomic E-state index is 5.71. The molecule has 0 amide bonds. The van der Waals surface area contributed by atoms with Crippen LogP contribution in [0.4, 0.5) is 0 Å². The molecule has 0 nitrogen and oxygen atoms in total. The predicted octanol–water partition coefficient (Wildman–Crippen LogP) is 6.51. The minimum atomic E-state index is -2.51. The smallest absolute Gasteiger partial charge is 0.121 e. The molecule has 0 heterocycles. The summed E-state index contributed by atoms with van der Waals surface area (Å²) in [5.74, 6) is 0. The van der Waals surface area contributed by atoms with Crippen LogP contribution in [-0.2, 0) is 0 Å². The maximum absolute atomic E-state index is 5.71. The van der Waals surface area contributed by atoms with Crippen LogP contribution in [0, 0.1) is 0 Å². The zero-order chi connectivity index (χ0) is 11.6. The summed E-state index contributed by atoms with van der Waals surface area (Å²) in [6, 6.07) is -2.51. The van der Waals surface area contributed by atoms with Gasteiger partial charge in [-0.3, -0.25) is 0 Å². The fourth-order valence-electron chi connectivity index (χ4n) is 1.44. The van der Waals surface area contributed by atoms with Crippen LogP contribution in [0.2, 0.25) is 0 Å². The van der Waals surface area contributed by atoms with E-state index in [1.165, 1.54) is 44.9 Å². The average molecular weight is 304 g/mol. The molecule has 0 rings (SSSR count). The Labute approximate surface area is 116 Å². The van der Waals surface area contributed by atoms with Crippen LogP contribution in [0.15, 0.2) is 11.8 Å². The zero-order valence-electron chi connectivity index (χ0n) is 9.45. The van der Waals surface area contributed by atoms with Crippen LogP contribution in [0.25, 0.3) is 0 Å². The third-order valence-corrected chi connectivity index (χ3v) is 4.03. The Balaban J connectivity index is 0. The van der Waals surface area contributed by atoms with Crippen molar-refractivity contribution in [1.82, 2.24) is 0 Å². The predicted molar refractivity (Wildman–Crippen MR) is 81.8 cm³/mol. The first-order chi connectivity index (χ1) is 7.06. The number of hydrogen-bond donors (Lipinski definition) is 0. The second-order valence-corrected chi connectivity index (χ2v) is 12.4. The Bertz CT molecular complexity index is 164. The molecule has 4 heteroatoms. The lowest BCUT2D eigenvalue weighted by Gasteiger charge is -2.00. The van der Waals surface area contributed by atoms with Gasteiger partial charge in [-0.2, -0.15) is 0 Å². The Kier molecular flexibility index (Phi) is 14.7. The van der Waals surface area contributed by atoms with Crippen molar-refractivity contribution in [2.45, 2.75) is 65.7 Å². The molecule has 0 unspecified atom stereocenters. The van der Waals surface area contributed by atoms with E-state index in [-0.39, 0.29) is 7.43 Å². The van der Waals surface area contributed by atoms with Gasteiger partial charge in [-0.15, -0.1) is 33.2 Å². The van der Waals surface area contributed by atoms with Crippen LogP contribution in [0.3, 0.4) is 0 Å². The van der Waals surface area contributed by atoms with E-state index in [2.05, 4.69) is 6.92 Å². The Morgan fingerprint density at radius 1 is 0.875 bits per heavy atom. The van der Waals surface area contributed by atoms with Crippen LogP contribution in [-0.4, -0.2) is 6.00 Å². The number of allylic oxidation sites excluding steroid dienone is 1. The minimum Gasteiger partial charge on any atom is -0.121 e. The summed E-state index contributed by atoms with van der Waals surface area (Å²) in [4.78, 5) is 0. The maximum Gasteiger partial charge on any atom is 0.365 e. The monoisotopic (exact) mass is 302 g/mol. The summed E-state index contributed by atoms with van der Waals surface area (Å²) in [5, 5.41) is 0. The number of rotatable bonds is 9. The van der Waals surface area contributed by atoms with Gasteiger partial charge < -0.3 is 0 Å². The van der Waals surface area contributed by atoms with Crippen molar-refractivity contribution in [3.63, 3.8) is 0 Å². The lowest BCUT2D eigenvalue weighted by molar-refractivity contribution is 0.592. The highest BCUT2D eigenvalue weighted by molar-refractivity contribution is 7.66. The first-order valence-corrected chi connectivity index (χ1v) is 10.9. The molecule has 0 bridgehead atoms. The van der Waals surface area contributed by atoms with E-state index in [1.54, 1.807) is 5.70 Å². The van der Waals surface area contributed by atoms with Gasteiger partial charge in [0.25, 0.3) is 0 Å². The van der Waals surface area contributed by atoms with Crippen LogP contribution < -0.4 is 0 Å². The highest BCUT2D eigenvalue weighted by Gasteiger charge is 2.19. The fourth-order valence-corrected chi connectivity index (χ4v) is 2.67. The van der Waals surface area contributed by atoms with Gasteiger partial charge in [0.1, 0.15) is 0 Å². The van der Waals surface area contributed by atoms with Crippen molar-refractivity contribution >= 4 is 39.2 Å². The molecule has 0 aromatic rings. The third kappa shape index (κ3) is 17.2. The quantitative estimate of drug-likeness (QED) is 0.258. The molecule has 0 saturated heterocycles. The molecule has 0 atom stereocenters. The first-order valence-electron chi connectivity index (χ1n) is 5.80. The summed E-state index contributed by atoms with van der Waals surface area (Å²) in [6.07, 6.45) is 12.4. The highest BCUT2D eigenvalue weighted by Crippen LogP contribution is 2.21. The number of halogens is 3. The molecular formula is C12H25Cl3Si. The molecule has 0 saturated carbocycles. The largest absolute Gasteiger partial charge is 0.365 e.